The molecular weight excluding hydrogens is 1540 g/mol. The minimum Gasteiger partial charge on any atom is -0.480 e. The standard InChI is InChI=1S/C32H29I6N3O10S6/c33-18-15(30(46)47)19(34)25(53)10(24(18)52)5-39(1-3-40(8-13(42)43)6-11-26(54)20(35)16(31(48)49)21(36)27(11)55)2-4-41(9-14(44)45)7-12-28(56)22(37)17(32(50)51)23(38)29(12)57/h52-57H,1-9H2,(H,42,43)(H,44,45)(H,46,47)(H,48,49)(H,50,51). The molecule has 0 saturated heterocycles. The van der Waals surface area contributed by atoms with Crippen LogP contribution in [0.4, 0.5) is 0 Å². The highest BCUT2D eigenvalue weighted by molar-refractivity contribution is 14.1. The number of aromatic carboxylic acids is 3. The van der Waals surface area contributed by atoms with Crippen molar-refractivity contribution in [3.63, 3.8) is 0 Å². The smallest absolute Gasteiger partial charge is 0.337 e. The van der Waals surface area contributed by atoms with Crippen LogP contribution in [0.1, 0.15) is 47.8 Å². The number of hydrogen-bond donors (Lipinski definition) is 11. The summed E-state index contributed by atoms with van der Waals surface area (Å²) in [5.74, 6) is -5.68. The summed E-state index contributed by atoms with van der Waals surface area (Å²) in [6, 6.07) is 0. The molecule has 0 radical (unpaired) electrons. The van der Waals surface area contributed by atoms with Gasteiger partial charge in [0.25, 0.3) is 0 Å². The number of rotatable bonds is 19. The average Bonchev–Trinajstić information content (AvgIpc) is 3.10. The van der Waals surface area contributed by atoms with Crippen LogP contribution >= 0.6 is 211 Å². The molecule has 3 aromatic carbocycles. The van der Waals surface area contributed by atoms with Gasteiger partial charge in [0.1, 0.15) is 0 Å². The zero-order chi connectivity index (χ0) is 43.4. The van der Waals surface area contributed by atoms with Gasteiger partial charge in [-0.25, -0.2) is 14.4 Å². The second-order valence-electron chi connectivity index (χ2n) is 11.9. The fraction of sp³-hybridized carbons (Fsp3) is 0.281. The molecule has 0 atom stereocenters. The van der Waals surface area contributed by atoms with Crippen molar-refractivity contribution in [3.05, 3.63) is 54.8 Å². The monoisotopic (exact) mass is 1570 g/mol. The first-order valence-corrected chi connectivity index (χ1v) is 24.6. The number of carboxylic acids is 5. The molecule has 3 aromatic rings. The zero-order valence-corrected chi connectivity index (χ0v) is 46.7. The predicted octanol–water partition coefficient (Wildman–Crippen LogP) is 8.12. The van der Waals surface area contributed by atoms with Gasteiger partial charge in [-0.3, -0.25) is 24.3 Å². The van der Waals surface area contributed by atoms with E-state index in [4.69, 9.17) is 0 Å². The van der Waals surface area contributed by atoms with Gasteiger partial charge < -0.3 is 25.5 Å². The number of halogens is 6. The number of carbonyl (C=O) groups is 5. The van der Waals surface area contributed by atoms with Crippen molar-refractivity contribution in [3.8, 4) is 0 Å². The van der Waals surface area contributed by atoms with Gasteiger partial charge in [0.2, 0.25) is 0 Å². The number of nitrogens with zero attached hydrogens (tertiary/aromatic N) is 3. The van der Waals surface area contributed by atoms with E-state index < -0.39 is 42.9 Å². The van der Waals surface area contributed by atoms with Crippen LogP contribution in [0.2, 0.25) is 0 Å². The first kappa shape index (κ1) is 52.7. The van der Waals surface area contributed by atoms with E-state index in [1.807, 2.05) is 140 Å². The SMILES string of the molecule is O=C(O)CN(CCN(CCN(CC(=O)O)Cc1c(S)c(I)c(C(=O)O)c(I)c1S)Cc1c(S)c(I)c(C(=O)O)c(I)c1S)Cc1c(S)c(I)c(C(=O)O)c(I)c1S. The van der Waals surface area contributed by atoms with Gasteiger partial charge in [-0.1, -0.05) is 0 Å². The number of carboxylic acid groups (broad SMARTS) is 5. The first-order chi connectivity index (χ1) is 26.4. The van der Waals surface area contributed by atoms with Crippen molar-refractivity contribution in [1.82, 2.24) is 14.7 Å². The maximum absolute atomic E-state index is 12.1. The highest BCUT2D eigenvalue weighted by atomic mass is 127. The molecule has 0 saturated carbocycles. The lowest BCUT2D eigenvalue weighted by molar-refractivity contribution is -0.139. The van der Waals surface area contributed by atoms with Crippen LogP contribution in [0, 0.1) is 21.4 Å². The number of benzene rings is 3. The molecule has 310 valence electrons. The predicted molar refractivity (Wildman–Crippen MR) is 281 cm³/mol. The minimum atomic E-state index is -1.15. The molecule has 0 fully saturated rings. The van der Waals surface area contributed by atoms with E-state index in [0.29, 0.717) is 67.5 Å². The molecule has 0 heterocycles. The fourth-order valence-electron chi connectivity index (χ4n) is 5.46. The molecule has 0 aliphatic heterocycles. The Morgan fingerprint density at radius 2 is 0.579 bits per heavy atom. The van der Waals surface area contributed by atoms with E-state index in [0.717, 1.165) is 0 Å². The van der Waals surface area contributed by atoms with Crippen molar-refractivity contribution in [2.75, 3.05) is 39.3 Å². The number of thiol groups is 6. The van der Waals surface area contributed by atoms with Crippen LogP contribution in [-0.2, 0) is 29.2 Å². The van der Waals surface area contributed by atoms with Crippen LogP contribution in [0.25, 0.3) is 0 Å². The van der Waals surface area contributed by atoms with Crippen LogP contribution in [-0.4, -0.2) is 109 Å². The molecule has 0 aromatic heterocycles. The number of aliphatic carboxylic acids is 2. The second-order valence-corrected chi connectivity index (χ2v) is 21.1. The summed E-state index contributed by atoms with van der Waals surface area (Å²) < 4.78 is 2.31. The van der Waals surface area contributed by atoms with Crippen molar-refractivity contribution in [2.24, 2.45) is 0 Å². The zero-order valence-electron chi connectivity index (χ0n) is 28.4. The lowest BCUT2D eigenvalue weighted by atomic mass is 10.1. The Hall–Kier alpha value is 1.37. The van der Waals surface area contributed by atoms with Gasteiger partial charge in [-0.05, 0) is 152 Å². The Morgan fingerprint density at radius 3 is 0.772 bits per heavy atom. The van der Waals surface area contributed by atoms with Gasteiger partial charge in [-0.15, -0.1) is 75.8 Å². The Labute approximate surface area is 441 Å². The van der Waals surface area contributed by atoms with E-state index >= 15 is 0 Å². The minimum absolute atomic E-state index is 0.0393. The van der Waals surface area contributed by atoms with Crippen molar-refractivity contribution in [1.29, 1.82) is 0 Å². The van der Waals surface area contributed by atoms with Gasteiger partial charge in [0.05, 0.1) is 29.8 Å². The number of hydrogen-bond acceptors (Lipinski definition) is 14. The third kappa shape index (κ3) is 13.2. The molecule has 0 spiro atoms. The normalized spacial score (nSPS) is 11.6. The Morgan fingerprint density at radius 1 is 0.386 bits per heavy atom. The van der Waals surface area contributed by atoms with Crippen molar-refractivity contribution < 1.29 is 49.5 Å². The summed E-state index contributed by atoms with van der Waals surface area (Å²) in [7, 11) is 0. The molecule has 57 heavy (non-hydrogen) atoms. The quantitative estimate of drug-likeness (QED) is 0.0408. The highest BCUT2D eigenvalue weighted by Crippen LogP contribution is 2.39. The van der Waals surface area contributed by atoms with E-state index in [2.05, 4.69) is 75.8 Å². The van der Waals surface area contributed by atoms with Gasteiger partial charge >= 0.3 is 29.8 Å². The lowest BCUT2D eigenvalue weighted by Gasteiger charge is -2.31. The molecule has 13 nitrogen and oxygen atoms in total. The van der Waals surface area contributed by atoms with Crippen LogP contribution < -0.4 is 0 Å². The molecule has 5 N–H and O–H groups in total. The largest absolute Gasteiger partial charge is 0.480 e. The summed E-state index contributed by atoms with van der Waals surface area (Å²) >= 11 is 39.2. The van der Waals surface area contributed by atoms with E-state index in [9.17, 15) is 49.5 Å². The summed E-state index contributed by atoms with van der Waals surface area (Å²) in [6.45, 7) is 0.190. The maximum atomic E-state index is 12.1. The maximum Gasteiger partial charge on any atom is 0.337 e. The first-order valence-electron chi connectivity index (χ1n) is 15.5. The lowest BCUT2D eigenvalue weighted by Crippen LogP contribution is -2.42. The van der Waals surface area contributed by atoms with E-state index in [-0.39, 0.29) is 62.5 Å². The molecule has 3 rings (SSSR count). The molecule has 0 aliphatic rings. The summed E-state index contributed by atoms with van der Waals surface area (Å²) in [5.41, 5.74) is 1.80. The summed E-state index contributed by atoms with van der Waals surface area (Å²) in [6.07, 6.45) is 0. The van der Waals surface area contributed by atoms with Gasteiger partial charge in [0.15, 0.2) is 0 Å². The Kier molecular flexibility index (Phi) is 21.6. The molecule has 0 aliphatic carbocycles. The summed E-state index contributed by atoms with van der Waals surface area (Å²) in [4.78, 5) is 67.8. The van der Waals surface area contributed by atoms with E-state index in [1.54, 1.807) is 9.80 Å². The fourth-order valence-corrected chi connectivity index (χ4v) is 14.0. The average molecular weight is 1570 g/mol. The van der Waals surface area contributed by atoms with Gasteiger partial charge in [-0.2, -0.15) is 0 Å². The highest BCUT2D eigenvalue weighted by Gasteiger charge is 2.28. The molecule has 25 heteroatoms. The van der Waals surface area contributed by atoms with Crippen LogP contribution in [0.3, 0.4) is 0 Å². The molecule has 0 amide bonds. The van der Waals surface area contributed by atoms with Crippen LogP contribution in [0.15, 0.2) is 29.4 Å². The second kappa shape index (κ2) is 23.3. The van der Waals surface area contributed by atoms with Crippen LogP contribution in [0.5, 0.6) is 0 Å². The molecular formula is C32H29I6N3O10S6. The Bertz CT molecular complexity index is 1970. The third-order valence-electron chi connectivity index (χ3n) is 8.25. The third-order valence-corrected chi connectivity index (χ3v) is 20.2. The van der Waals surface area contributed by atoms with Gasteiger partial charge in [0, 0.05) is 96.6 Å². The van der Waals surface area contributed by atoms with E-state index in [1.165, 1.54) is 0 Å². The Balaban J connectivity index is 2.08. The van der Waals surface area contributed by atoms with Crippen molar-refractivity contribution in [2.45, 2.75) is 49.0 Å². The summed E-state index contributed by atoms with van der Waals surface area (Å²) in [5, 5.41) is 49.3. The molecule has 0 unspecified atom stereocenters. The van der Waals surface area contributed by atoms with Crippen molar-refractivity contribution >= 4 is 241 Å². The topological polar surface area (TPSA) is 196 Å². The molecule has 0 bridgehead atoms.